The van der Waals surface area contributed by atoms with Crippen LogP contribution >= 0.6 is 0 Å². The Kier molecular flexibility index (Phi) is 5.73. The molecule has 1 saturated carbocycles. The van der Waals surface area contributed by atoms with E-state index in [1.165, 1.54) is 12.8 Å². The van der Waals surface area contributed by atoms with Crippen molar-refractivity contribution in [3.63, 3.8) is 0 Å². The lowest BCUT2D eigenvalue weighted by Crippen LogP contribution is -2.43. The van der Waals surface area contributed by atoms with Gasteiger partial charge in [-0.2, -0.15) is 0 Å². The number of nitrogens with one attached hydrogen (secondary N) is 3. The zero-order valence-corrected chi connectivity index (χ0v) is 15.8. The van der Waals surface area contributed by atoms with Gasteiger partial charge < -0.3 is 24.4 Å². The van der Waals surface area contributed by atoms with E-state index in [2.05, 4.69) is 16.2 Å². The van der Waals surface area contributed by atoms with Gasteiger partial charge in [-0.25, -0.2) is 4.79 Å². The Labute approximate surface area is 154 Å². The molecule has 8 heteroatoms. The second-order valence-electron chi connectivity index (χ2n) is 6.89. The smallest absolute Gasteiger partial charge is 0.321 e. The summed E-state index contributed by atoms with van der Waals surface area (Å²) in [5, 5.41) is 2.89. The van der Waals surface area contributed by atoms with Crippen molar-refractivity contribution in [1.82, 2.24) is 15.8 Å². The van der Waals surface area contributed by atoms with Crippen molar-refractivity contribution in [2.75, 3.05) is 40.2 Å². The van der Waals surface area contributed by atoms with Crippen LogP contribution < -0.4 is 30.4 Å². The Balaban J connectivity index is 1.59. The van der Waals surface area contributed by atoms with Gasteiger partial charge in [0.25, 0.3) is 0 Å². The van der Waals surface area contributed by atoms with E-state index < -0.39 is 0 Å². The van der Waals surface area contributed by atoms with Crippen LogP contribution in [-0.4, -0.2) is 57.9 Å². The number of hydrogen-bond acceptors (Lipinski definition) is 6. The van der Waals surface area contributed by atoms with E-state index in [4.69, 9.17) is 14.2 Å². The molecule has 144 valence electrons. The molecule has 1 aliphatic carbocycles. The van der Waals surface area contributed by atoms with Crippen molar-refractivity contribution in [2.24, 2.45) is 5.92 Å². The zero-order valence-electron chi connectivity index (χ0n) is 15.8. The third-order valence-corrected chi connectivity index (χ3v) is 4.96. The monoisotopic (exact) mass is 364 g/mol. The average Bonchev–Trinajstić information content (AvgIpc) is 3.40. The highest BCUT2D eigenvalue weighted by Gasteiger charge is 2.36. The molecule has 0 radical (unpaired) electrons. The highest BCUT2D eigenvalue weighted by molar-refractivity contribution is 5.90. The standard InChI is InChI=1S/C18H28N4O4/c1-22(10-13-7-14(21-20-13)11-5-6-11)18(23)19-12-8-15(24-2)17(26-4)16(9-12)25-3/h8-9,11,13-14,20-21H,5-7,10H2,1-4H3,(H,19,23). The van der Waals surface area contributed by atoms with Crippen LogP contribution in [0.3, 0.4) is 0 Å². The van der Waals surface area contributed by atoms with Crippen molar-refractivity contribution in [1.29, 1.82) is 0 Å². The molecule has 3 N–H and O–H groups in total. The quantitative estimate of drug-likeness (QED) is 0.685. The lowest BCUT2D eigenvalue weighted by Gasteiger charge is -2.22. The highest BCUT2D eigenvalue weighted by atomic mass is 16.5. The number of benzene rings is 1. The number of ether oxygens (including phenoxy) is 3. The Bertz CT molecular complexity index is 625. The van der Waals surface area contributed by atoms with Crippen molar-refractivity contribution < 1.29 is 19.0 Å². The number of nitrogens with zero attached hydrogens (tertiary/aromatic N) is 1. The van der Waals surface area contributed by atoms with Crippen LogP contribution in [0.2, 0.25) is 0 Å². The minimum atomic E-state index is -0.184. The number of rotatable bonds is 7. The maximum Gasteiger partial charge on any atom is 0.321 e. The normalized spacial score (nSPS) is 22.0. The minimum Gasteiger partial charge on any atom is -0.493 e. The third-order valence-electron chi connectivity index (χ3n) is 4.96. The molecule has 0 bridgehead atoms. The maximum absolute atomic E-state index is 12.5. The van der Waals surface area contributed by atoms with Crippen LogP contribution in [0.15, 0.2) is 12.1 Å². The SMILES string of the molecule is COc1cc(NC(=O)N(C)CC2CC(C3CC3)NN2)cc(OC)c1OC. The molecule has 1 aliphatic heterocycles. The second-order valence-corrected chi connectivity index (χ2v) is 6.89. The van der Waals surface area contributed by atoms with E-state index in [0.29, 0.717) is 35.5 Å². The number of carbonyl (C=O) groups is 1. The fourth-order valence-electron chi connectivity index (χ4n) is 3.36. The van der Waals surface area contributed by atoms with Gasteiger partial charge in [0.05, 0.1) is 27.0 Å². The van der Waals surface area contributed by atoms with E-state index in [-0.39, 0.29) is 12.1 Å². The van der Waals surface area contributed by atoms with Gasteiger partial charge in [0.15, 0.2) is 11.5 Å². The van der Waals surface area contributed by atoms with Gasteiger partial charge in [-0.3, -0.25) is 10.9 Å². The summed E-state index contributed by atoms with van der Waals surface area (Å²) >= 11 is 0. The molecule has 2 fully saturated rings. The molecular weight excluding hydrogens is 336 g/mol. The number of hydrazine groups is 1. The van der Waals surface area contributed by atoms with E-state index in [0.717, 1.165) is 12.3 Å². The van der Waals surface area contributed by atoms with E-state index in [1.807, 2.05) is 0 Å². The van der Waals surface area contributed by atoms with Gasteiger partial charge in [0.1, 0.15) is 0 Å². The Hall–Kier alpha value is -2.19. The van der Waals surface area contributed by atoms with Gasteiger partial charge >= 0.3 is 6.03 Å². The first-order valence-corrected chi connectivity index (χ1v) is 8.88. The lowest BCUT2D eigenvalue weighted by molar-refractivity contribution is 0.217. The number of hydrogen-bond donors (Lipinski definition) is 3. The van der Waals surface area contributed by atoms with Crippen molar-refractivity contribution in [3.8, 4) is 17.2 Å². The summed E-state index contributed by atoms with van der Waals surface area (Å²) in [6.07, 6.45) is 3.67. The fourth-order valence-corrected chi connectivity index (χ4v) is 3.36. The summed E-state index contributed by atoms with van der Waals surface area (Å²) in [5.41, 5.74) is 7.24. The average molecular weight is 364 g/mol. The maximum atomic E-state index is 12.5. The van der Waals surface area contributed by atoms with Crippen LogP contribution in [0.25, 0.3) is 0 Å². The first-order valence-electron chi connectivity index (χ1n) is 8.88. The second kappa shape index (κ2) is 8.01. The summed E-state index contributed by atoms with van der Waals surface area (Å²) < 4.78 is 15.9. The molecule has 2 aliphatic rings. The molecule has 1 heterocycles. The number of likely N-dealkylation sites (N-methyl/N-ethyl adjacent to an activating group) is 1. The topological polar surface area (TPSA) is 84.1 Å². The Morgan fingerprint density at radius 1 is 1.15 bits per heavy atom. The van der Waals surface area contributed by atoms with Crippen LogP contribution in [0, 0.1) is 5.92 Å². The van der Waals surface area contributed by atoms with Gasteiger partial charge in [0.2, 0.25) is 5.75 Å². The van der Waals surface area contributed by atoms with Crippen LogP contribution in [0.5, 0.6) is 17.2 Å². The summed E-state index contributed by atoms with van der Waals surface area (Å²) in [7, 11) is 6.43. The molecule has 2 unspecified atom stereocenters. The summed E-state index contributed by atoms with van der Waals surface area (Å²) in [6.45, 7) is 0.631. The Morgan fingerprint density at radius 3 is 2.35 bits per heavy atom. The largest absolute Gasteiger partial charge is 0.493 e. The number of carbonyl (C=O) groups excluding carboxylic acids is 1. The van der Waals surface area contributed by atoms with E-state index >= 15 is 0 Å². The van der Waals surface area contributed by atoms with Crippen molar-refractivity contribution in [3.05, 3.63) is 12.1 Å². The Morgan fingerprint density at radius 2 is 1.81 bits per heavy atom. The minimum absolute atomic E-state index is 0.184. The van der Waals surface area contributed by atoms with Gasteiger partial charge in [-0.15, -0.1) is 0 Å². The summed E-state index contributed by atoms with van der Waals surface area (Å²) in [5.74, 6) is 2.29. The lowest BCUT2D eigenvalue weighted by atomic mass is 10.1. The van der Waals surface area contributed by atoms with Crippen LogP contribution in [0.1, 0.15) is 19.3 Å². The first kappa shape index (κ1) is 18.6. The van der Waals surface area contributed by atoms with Crippen molar-refractivity contribution >= 4 is 11.7 Å². The van der Waals surface area contributed by atoms with Crippen LogP contribution in [-0.2, 0) is 0 Å². The summed E-state index contributed by atoms with van der Waals surface area (Å²) in [6, 6.07) is 4.04. The van der Waals surface area contributed by atoms with Gasteiger partial charge in [0, 0.05) is 37.8 Å². The molecule has 3 rings (SSSR count). The molecule has 2 amide bonds. The molecule has 0 spiro atoms. The molecule has 1 aromatic rings. The summed E-state index contributed by atoms with van der Waals surface area (Å²) in [4.78, 5) is 14.2. The highest BCUT2D eigenvalue weighted by Crippen LogP contribution is 2.40. The number of urea groups is 1. The van der Waals surface area contributed by atoms with Crippen LogP contribution in [0.4, 0.5) is 10.5 Å². The molecule has 1 aromatic carbocycles. The zero-order chi connectivity index (χ0) is 18.7. The number of anilines is 1. The molecule has 8 nitrogen and oxygen atoms in total. The fraction of sp³-hybridized carbons (Fsp3) is 0.611. The predicted octanol–water partition coefficient (Wildman–Crippen LogP) is 1.82. The number of amides is 2. The molecular formula is C18H28N4O4. The molecule has 2 atom stereocenters. The van der Waals surface area contributed by atoms with Gasteiger partial charge in [-0.05, 0) is 25.2 Å². The molecule has 0 aromatic heterocycles. The van der Waals surface area contributed by atoms with Crippen molar-refractivity contribution in [2.45, 2.75) is 31.3 Å². The third kappa shape index (κ3) is 4.13. The van der Waals surface area contributed by atoms with E-state index in [1.54, 1.807) is 45.4 Å². The predicted molar refractivity (Wildman–Crippen MR) is 98.9 cm³/mol. The molecule has 1 saturated heterocycles. The molecule has 26 heavy (non-hydrogen) atoms. The van der Waals surface area contributed by atoms with Gasteiger partial charge in [-0.1, -0.05) is 0 Å². The number of methoxy groups -OCH3 is 3. The van der Waals surface area contributed by atoms with E-state index in [9.17, 15) is 4.79 Å². The first-order chi connectivity index (χ1) is 12.5.